The molecule has 1 N–H and O–H groups in total. The van der Waals surface area contributed by atoms with Gasteiger partial charge in [0.2, 0.25) is 15.8 Å². The number of para-hydroxylation sites is 1. The highest BCUT2D eigenvalue weighted by Crippen LogP contribution is 2.20. The molecule has 0 bridgehead atoms. The molecule has 0 spiro atoms. The van der Waals surface area contributed by atoms with E-state index in [9.17, 15) is 18.0 Å². The van der Waals surface area contributed by atoms with Crippen LogP contribution in [0.2, 0.25) is 0 Å². The Balaban J connectivity index is 2.08. The van der Waals surface area contributed by atoms with E-state index < -0.39 is 27.9 Å². The van der Waals surface area contributed by atoms with Crippen molar-refractivity contribution in [3.05, 3.63) is 59.7 Å². The molecule has 0 heterocycles. The summed E-state index contributed by atoms with van der Waals surface area (Å²) in [6, 6.07) is 12.4. The fourth-order valence-electron chi connectivity index (χ4n) is 2.24. The number of sulfonamides is 1. The number of ether oxygens (including phenoxy) is 2. The maximum absolute atomic E-state index is 12.4. The topological polar surface area (TPSA) is 98.8 Å². The molecule has 2 aromatic carbocycles. The van der Waals surface area contributed by atoms with Crippen molar-refractivity contribution < 1.29 is 27.5 Å². The molecule has 0 saturated heterocycles. The van der Waals surface area contributed by atoms with Gasteiger partial charge in [-0.25, -0.2) is 13.2 Å². The number of methoxy groups -OCH3 is 1. The lowest BCUT2D eigenvalue weighted by molar-refractivity contribution is 0.0316. The van der Waals surface area contributed by atoms with Crippen LogP contribution in [-0.4, -0.2) is 39.6 Å². The summed E-state index contributed by atoms with van der Waals surface area (Å²) in [6.45, 7) is 1.47. The lowest BCUT2D eigenvalue weighted by Crippen LogP contribution is -2.24. The fraction of sp³-hybridized carbons (Fsp3) is 0.222. The highest BCUT2D eigenvalue weighted by atomic mass is 32.2. The van der Waals surface area contributed by atoms with E-state index in [-0.39, 0.29) is 5.56 Å². The summed E-state index contributed by atoms with van der Waals surface area (Å²) >= 11 is 0. The first-order valence-electron chi connectivity index (χ1n) is 7.67. The monoisotopic (exact) mass is 377 g/mol. The normalized spacial score (nSPS) is 12.1. The number of carbonyl (C=O) groups excluding carboxylic acids is 2. The van der Waals surface area contributed by atoms with Gasteiger partial charge in [-0.05, 0) is 43.3 Å². The maximum atomic E-state index is 12.4. The highest BCUT2D eigenvalue weighted by Gasteiger charge is 2.22. The van der Waals surface area contributed by atoms with E-state index in [4.69, 9.17) is 9.47 Å². The number of carbonyl (C=O) groups is 2. The van der Waals surface area contributed by atoms with Gasteiger partial charge in [0.25, 0.3) is 0 Å². The Hall–Kier alpha value is -2.87. The van der Waals surface area contributed by atoms with Gasteiger partial charge in [0.1, 0.15) is 11.3 Å². The predicted octanol–water partition coefficient (Wildman–Crippen LogP) is 2.49. The third-order valence-electron chi connectivity index (χ3n) is 3.45. The van der Waals surface area contributed by atoms with Crippen LogP contribution in [0.15, 0.2) is 48.5 Å². The van der Waals surface area contributed by atoms with Gasteiger partial charge >= 0.3 is 5.97 Å². The van der Waals surface area contributed by atoms with Crippen LogP contribution in [-0.2, 0) is 14.8 Å². The van der Waals surface area contributed by atoms with Crippen molar-refractivity contribution in [3.63, 3.8) is 0 Å². The Morgan fingerprint density at radius 3 is 2.23 bits per heavy atom. The van der Waals surface area contributed by atoms with Gasteiger partial charge in [0.05, 0.1) is 13.4 Å². The molecular weight excluding hydrogens is 358 g/mol. The lowest BCUT2D eigenvalue weighted by atomic mass is 10.1. The number of Topliss-reactive ketones (excluding diaryl/α,β-unsaturated/α-hetero) is 1. The Bertz CT molecular complexity index is 906. The molecule has 0 aliphatic heterocycles. The maximum Gasteiger partial charge on any atom is 0.342 e. The van der Waals surface area contributed by atoms with Gasteiger partial charge in [0, 0.05) is 11.3 Å². The SMILES string of the molecule is COc1ccccc1C(=O)O[C@H](C)C(=O)c1ccc(NS(C)(=O)=O)cc1. The van der Waals surface area contributed by atoms with Crippen LogP contribution in [0.1, 0.15) is 27.6 Å². The Kier molecular flexibility index (Phi) is 5.99. The van der Waals surface area contributed by atoms with Gasteiger partial charge in [-0.15, -0.1) is 0 Å². The van der Waals surface area contributed by atoms with Gasteiger partial charge in [0.15, 0.2) is 6.10 Å². The Labute approximate surface area is 152 Å². The van der Waals surface area contributed by atoms with E-state index in [0.717, 1.165) is 6.26 Å². The summed E-state index contributed by atoms with van der Waals surface area (Å²) in [7, 11) is -1.96. The molecule has 0 aliphatic rings. The van der Waals surface area contributed by atoms with Crippen LogP contribution < -0.4 is 9.46 Å². The van der Waals surface area contributed by atoms with E-state index in [1.165, 1.54) is 38.3 Å². The minimum atomic E-state index is -3.40. The summed E-state index contributed by atoms with van der Waals surface area (Å²) in [4.78, 5) is 24.7. The molecule has 2 rings (SSSR count). The van der Waals surface area contributed by atoms with Gasteiger partial charge in [-0.1, -0.05) is 12.1 Å². The van der Waals surface area contributed by atoms with E-state index in [1.807, 2.05) is 0 Å². The van der Waals surface area contributed by atoms with Crippen molar-refractivity contribution in [2.75, 3.05) is 18.1 Å². The molecule has 26 heavy (non-hydrogen) atoms. The van der Waals surface area contributed by atoms with Crippen molar-refractivity contribution in [2.45, 2.75) is 13.0 Å². The van der Waals surface area contributed by atoms with Crippen LogP contribution in [0.25, 0.3) is 0 Å². The second-order valence-electron chi connectivity index (χ2n) is 5.56. The number of ketones is 1. The lowest BCUT2D eigenvalue weighted by Gasteiger charge is -2.14. The number of hydrogen-bond donors (Lipinski definition) is 1. The molecule has 0 amide bonds. The number of nitrogens with one attached hydrogen (secondary N) is 1. The minimum Gasteiger partial charge on any atom is -0.496 e. The predicted molar refractivity (Wildman–Crippen MR) is 97.1 cm³/mol. The molecule has 0 radical (unpaired) electrons. The average Bonchev–Trinajstić information content (AvgIpc) is 2.60. The minimum absolute atomic E-state index is 0.224. The van der Waals surface area contributed by atoms with E-state index in [1.54, 1.807) is 24.3 Å². The molecule has 7 nitrogen and oxygen atoms in total. The fourth-order valence-corrected chi connectivity index (χ4v) is 2.81. The second kappa shape index (κ2) is 8.01. The second-order valence-corrected chi connectivity index (χ2v) is 7.31. The number of hydrogen-bond acceptors (Lipinski definition) is 6. The van der Waals surface area contributed by atoms with Gasteiger partial charge < -0.3 is 9.47 Å². The molecule has 0 saturated carbocycles. The molecular formula is C18H19NO6S. The average molecular weight is 377 g/mol. The quantitative estimate of drug-likeness (QED) is 0.588. The molecule has 0 aromatic heterocycles. The molecule has 1 atom stereocenters. The van der Waals surface area contributed by atoms with E-state index >= 15 is 0 Å². The first-order chi connectivity index (χ1) is 12.2. The molecule has 0 aliphatic carbocycles. The first kappa shape index (κ1) is 19.5. The molecule has 8 heteroatoms. The molecule has 0 unspecified atom stereocenters. The van der Waals surface area contributed by atoms with Gasteiger partial charge in [-0.3, -0.25) is 9.52 Å². The molecule has 138 valence electrons. The van der Waals surface area contributed by atoms with Gasteiger partial charge in [-0.2, -0.15) is 0 Å². The zero-order valence-corrected chi connectivity index (χ0v) is 15.4. The smallest absolute Gasteiger partial charge is 0.342 e. The molecule has 2 aromatic rings. The summed E-state index contributed by atoms with van der Waals surface area (Å²) in [5, 5.41) is 0. The first-order valence-corrected chi connectivity index (χ1v) is 9.56. The third kappa shape index (κ3) is 5.06. The Morgan fingerprint density at radius 2 is 1.65 bits per heavy atom. The van der Waals surface area contributed by atoms with Crippen molar-refractivity contribution in [1.82, 2.24) is 0 Å². The van der Waals surface area contributed by atoms with Crippen LogP contribution in [0.5, 0.6) is 5.75 Å². The van der Waals surface area contributed by atoms with Crippen LogP contribution in [0.4, 0.5) is 5.69 Å². The zero-order valence-electron chi connectivity index (χ0n) is 14.6. The van der Waals surface area contributed by atoms with Crippen LogP contribution in [0.3, 0.4) is 0 Å². The van der Waals surface area contributed by atoms with Crippen molar-refractivity contribution in [2.24, 2.45) is 0 Å². The number of anilines is 1. The summed E-state index contributed by atoms with van der Waals surface area (Å²) in [5.74, 6) is -0.717. The number of esters is 1. The highest BCUT2D eigenvalue weighted by molar-refractivity contribution is 7.92. The van der Waals surface area contributed by atoms with E-state index in [0.29, 0.717) is 17.0 Å². The van der Waals surface area contributed by atoms with Crippen molar-refractivity contribution in [1.29, 1.82) is 0 Å². The van der Waals surface area contributed by atoms with E-state index in [2.05, 4.69) is 4.72 Å². The van der Waals surface area contributed by atoms with Crippen molar-refractivity contribution in [3.8, 4) is 5.75 Å². The van der Waals surface area contributed by atoms with Crippen LogP contribution >= 0.6 is 0 Å². The number of rotatable bonds is 7. The third-order valence-corrected chi connectivity index (χ3v) is 4.06. The van der Waals surface area contributed by atoms with Crippen molar-refractivity contribution >= 4 is 27.5 Å². The standard InChI is InChI=1S/C18H19NO6S/c1-12(25-18(21)15-6-4-5-7-16(15)24-2)17(20)13-8-10-14(11-9-13)19-26(3,22)23/h4-12,19H,1-3H3/t12-/m1/s1. The summed E-state index contributed by atoms with van der Waals surface area (Å²) < 4.78 is 35.0. The van der Waals surface area contributed by atoms with Crippen LogP contribution in [0, 0.1) is 0 Å². The number of benzene rings is 2. The summed E-state index contributed by atoms with van der Waals surface area (Å²) in [5.41, 5.74) is 0.856. The molecule has 0 fully saturated rings. The largest absolute Gasteiger partial charge is 0.496 e. The zero-order chi connectivity index (χ0) is 19.3. The summed E-state index contributed by atoms with van der Waals surface area (Å²) in [6.07, 6.45) is 0.0203. The Morgan fingerprint density at radius 1 is 1.04 bits per heavy atom.